The highest BCUT2D eigenvalue weighted by Crippen LogP contribution is 2.32. The van der Waals surface area contributed by atoms with Crippen LogP contribution in [-0.4, -0.2) is 57.2 Å². The van der Waals surface area contributed by atoms with Crippen molar-refractivity contribution in [3.05, 3.63) is 30.1 Å². The first kappa shape index (κ1) is 19.2. The van der Waals surface area contributed by atoms with E-state index in [1.54, 1.807) is 27.2 Å². The second kappa shape index (κ2) is 7.59. The van der Waals surface area contributed by atoms with Crippen molar-refractivity contribution < 1.29 is 17.9 Å². The number of anilines is 3. The molecule has 2 aromatic rings. The third-order valence-electron chi connectivity index (χ3n) is 4.61. The minimum absolute atomic E-state index is 0.0801. The Bertz CT molecular complexity index is 933. The average Bonchev–Trinajstić information content (AvgIpc) is 3.00. The van der Waals surface area contributed by atoms with Crippen molar-refractivity contribution in [2.24, 2.45) is 0 Å². The molecular formula is C18H24N4O4S. The molecule has 8 nitrogen and oxygen atoms in total. The quantitative estimate of drug-likeness (QED) is 0.799. The summed E-state index contributed by atoms with van der Waals surface area (Å²) >= 11 is 0. The summed E-state index contributed by atoms with van der Waals surface area (Å²) in [6.07, 6.45) is 0.606. The molecule has 1 aromatic heterocycles. The molecule has 2 heterocycles. The topological polar surface area (TPSA) is 93.7 Å². The van der Waals surface area contributed by atoms with Crippen LogP contribution < -0.4 is 19.7 Å². The number of benzene rings is 1. The van der Waals surface area contributed by atoms with Gasteiger partial charge in [0.25, 0.3) is 0 Å². The third-order valence-corrected chi connectivity index (χ3v) is 6.36. The van der Waals surface area contributed by atoms with Crippen LogP contribution in [0.25, 0.3) is 0 Å². The fourth-order valence-electron chi connectivity index (χ4n) is 3.11. The molecule has 0 aliphatic carbocycles. The van der Waals surface area contributed by atoms with E-state index in [0.29, 0.717) is 41.1 Å². The zero-order valence-electron chi connectivity index (χ0n) is 15.9. The van der Waals surface area contributed by atoms with Gasteiger partial charge >= 0.3 is 0 Å². The number of hydrogen-bond acceptors (Lipinski definition) is 8. The Balaban J connectivity index is 1.88. The van der Waals surface area contributed by atoms with E-state index in [0.717, 1.165) is 0 Å². The van der Waals surface area contributed by atoms with Gasteiger partial charge in [-0.2, -0.15) is 0 Å². The summed E-state index contributed by atoms with van der Waals surface area (Å²) in [7, 11) is 2.09. The van der Waals surface area contributed by atoms with E-state index in [1.807, 2.05) is 30.1 Å². The average molecular weight is 392 g/mol. The number of methoxy groups -OCH3 is 2. The van der Waals surface area contributed by atoms with Crippen molar-refractivity contribution in [2.45, 2.75) is 19.4 Å². The van der Waals surface area contributed by atoms with Gasteiger partial charge < -0.3 is 19.7 Å². The summed E-state index contributed by atoms with van der Waals surface area (Å²) in [5.74, 6) is 3.58. The summed E-state index contributed by atoms with van der Waals surface area (Å²) in [4.78, 5) is 10.8. The van der Waals surface area contributed by atoms with Crippen LogP contribution in [0.1, 0.15) is 12.2 Å². The normalized spacial score (nSPS) is 18.1. The molecule has 0 radical (unpaired) electrons. The number of rotatable bonds is 6. The third kappa shape index (κ3) is 4.41. The monoisotopic (exact) mass is 392 g/mol. The largest absolute Gasteiger partial charge is 0.497 e. The molecule has 0 bridgehead atoms. The minimum Gasteiger partial charge on any atom is -0.497 e. The van der Waals surface area contributed by atoms with Gasteiger partial charge in [-0.1, -0.05) is 0 Å². The lowest BCUT2D eigenvalue weighted by Gasteiger charge is -2.25. The summed E-state index contributed by atoms with van der Waals surface area (Å²) in [6, 6.07) is 7.17. The lowest BCUT2D eigenvalue weighted by molar-refractivity contribution is 0.405. The van der Waals surface area contributed by atoms with E-state index < -0.39 is 9.84 Å². The van der Waals surface area contributed by atoms with Gasteiger partial charge in [0.2, 0.25) is 0 Å². The van der Waals surface area contributed by atoms with Crippen LogP contribution in [0.4, 0.5) is 17.3 Å². The van der Waals surface area contributed by atoms with E-state index in [9.17, 15) is 8.42 Å². The molecular weight excluding hydrogens is 368 g/mol. The Morgan fingerprint density at radius 2 is 1.96 bits per heavy atom. The molecule has 1 aliphatic rings. The Morgan fingerprint density at radius 1 is 1.19 bits per heavy atom. The lowest BCUT2D eigenvalue weighted by atomic mass is 10.2. The van der Waals surface area contributed by atoms with Crippen LogP contribution in [0, 0.1) is 6.92 Å². The van der Waals surface area contributed by atoms with Gasteiger partial charge in [0, 0.05) is 25.2 Å². The molecule has 1 unspecified atom stereocenters. The predicted octanol–water partition coefficient (Wildman–Crippen LogP) is 2.17. The number of nitrogens with one attached hydrogen (secondary N) is 1. The number of aromatic nitrogens is 2. The minimum atomic E-state index is -2.97. The highest BCUT2D eigenvalue weighted by atomic mass is 32.2. The van der Waals surface area contributed by atoms with Gasteiger partial charge in [-0.25, -0.2) is 18.4 Å². The summed E-state index contributed by atoms with van der Waals surface area (Å²) in [5, 5.41) is 3.24. The Kier molecular flexibility index (Phi) is 5.41. The summed E-state index contributed by atoms with van der Waals surface area (Å²) < 4.78 is 34.2. The van der Waals surface area contributed by atoms with Crippen molar-refractivity contribution in [3.8, 4) is 11.5 Å². The maximum absolute atomic E-state index is 11.8. The van der Waals surface area contributed by atoms with Crippen molar-refractivity contribution in [2.75, 3.05) is 43.0 Å². The molecule has 0 amide bonds. The Labute approximate surface area is 159 Å². The zero-order valence-corrected chi connectivity index (χ0v) is 16.7. The molecule has 146 valence electrons. The molecule has 9 heteroatoms. The van der Waals surface area contributed by atoms with Gasteiger partial charge in [0.05, 0.1) is 31.4 Å². The number of aryl methyl sites for hydroxylation is 1. The maximum Gasteiger partial charge on any atom is 0.152 e. The molecule has 1 aliphatic heterocycles. The molecule has 1 aromatic carbocycles. The Hall–Kier alpha value is -2.55. The van der Waals surface area contributed by atoms with Gasteiger partial charge in [0.15, 0.2) is 9.84 Å². The highest BCUT2D eigenvalue weighted by Gasteiger charge is 2.31. The van der Waals surface area contributed by atoms with Crippen LogP contribution in [0.15, 0.2) is 24.3 Å². The number of sulfone groups is 1. The standard InChI is InChI=1S/C18H24N4O4S/c1-12-19-17(21-15-9-14(25-3)5-6-16(15)26-4)10-18(20-12)22(2)13-7-8-27(23,24)11-13/h5-6,9-10,13H,7-8,11H2,1-4H3,(H,19,20,21). The smallest absolute Gasteiger partial charge is 0.152 e. The van der Waals surface area contributed by atoms with Crippen molar-refractivity contribution in [1.29, 1.82) is 0 Å². The molecule has 3 rings (SSSR count). The SMILES string of the molecule is COc1ccc(OC)c(Nc2cc(N(C)C3CCS(=O)(=O)C3)nc(C)n2)c1. The zero-order chi connectivity index (χ0) is 19.6. The van der Waals surface area contributed by atoms with Crippen LogP contribution in [0.5, 0.6) is 11.5 Å². The van der Waals surface area contributed by atoms with Crippen LogP contribution in [0.3, 0.4) is 0 Å². The second-order valence-corrected chi connectivity index (χ2v) is 8.75. The first-order chi connectivity index (χ1) is 12.8. The molecule has 0 saturated carbocycles. The maximum atomic E-state index is 11.8. The molecule has 1 saturated heterocycles. The van der Waals surface area contributed by atoms with E-state index in [4.69, 9.17) is 9.47 Å². The molecule has 0 spiro atoms. The Morgan fingerprint density at radius 3 is 2.59 bits per heavy atom. The van der Waals surface area contributed by atoms with Gasteiger partial charge in [0.1, 0.15) is 29.0 Å². The molecule has 1 fully saturated rings. The number of ether oxygens (including phenoxy) is 2. The van der Waals surface area contributed by atoms with Crippen molar-refractivity contribution in [1.82, 2.24) is 9.97 Å². The lowest BCUT2D eigenvalue weighted by Crippen LogP contribution is -2.33. The number of hydrogen-bond donors (Lipinski definition) is 1. The second-order valence-electron chi connectivity index (χ2n) is 6.52. The first-order valence-corrected chi connectivity index (χ1v) is 10.4. The van der Waals surface area contributed by atoms with E-state index in [2.05, 4.69) is 15.3 Å². The number of nitrogens with zero attached hydrogens (tertiary/aromatic N) is 3. The van der Waals surface area contributed by atoms with E-state index >= 15 is 0 Å². The van der Waals surface area contributed by atoms with E-state index in [-0.39, 0.29) is 17.5 Å². The predicted molar refractivity (Wildman–Crippen MR) is 105 cm³/mol. The van der Waals surface area contributed by atoms with Crippen LogP contribution >= 0.6 is 0 Å². The van der Waals surface area contributed by atoms with E-state index in [1.165, 1.54) is 0 Å². The summed E-state index contributed by atoms with van der Waals surface area (Å²) in [5.41, 5.74) is 0.715. The van der Waals surface area contributed by atoms with Crippen molar-refractivity contribution >= 4 is 27.2 Å². The summed E-state index contributed by atoms with van der Waals surface area (Å²) in [6.45, 7) is 1.80. The molecule has 27 heavy (non-hydrogen) atoms. The highest BCUT2D eigenvalue weighted by molar-refractivity contribution is 7.91. The molecule has 1 N–H and O–H groups in total. The molecule has 1 atom stereocenters. The van der Waals surface area contributed by atoms with Gasteiger partial charge in [-0.15, -0.1) is 0 Å². The van der Waals surface area contributed by atoms with Gasteiger partial charge in [-0.05, 0) is 25.5 Å². The first-order valence-electron chi connectivity index (χ1n) is 8.59. The van der Waals surface area contributed by atoms with Gasteiger partial charge in [-0.3, -0.25) is 0 Å². The van der Waals surface area contributed by atoms with Crippen LogP contribution in [0.2, 0.25) is 0 Å². The van der Waals surface area contributed by atoms with Crippen LogP contribution in [-0.2, 0) is 9.84 Å². The van der Waals surface area contributed by atoms with Crippen molar-refractivity contribution in [3.63, 3.8) is 0 Å². The fraction of sp³-hybridized carbons (Fsp3) is 0.444. The fourth-order valence-corrected chi connectivity index (χ4v) is 4.89.